The minimum absolute atomic E-state index is 0.929. The van der Waals surface area contributed by atoms with Crippen LogP contribution in [-0.4, -0.2) is 0 Å². The summed E-state index contributed by atoms with van der Waals surface area (Å²) in [5.41, 5.74) is 0. The molecular formula is C12H15. The summed E-state index contributed by atoms with van der Waals surface area (Å²) in [6, 6.07) is 0. The maximum atomic E-state index is 3.21. The van der Waals surface area contributed by atoms with Gasteiger partial charge < -0.3 is 0 Å². The van der Waals surface area contributed by atoms with Gasteiger partial charge in [0.05, 0.1) is 0 Å². The number of hydrogen-bond acceptors (Lipinski definition) is 0. The molecule has 0 aromatic carbocycles. The van der Waals surface area contributed by atoms with Crippen molar-refractivity contribution in [3.63, 3.8) is 0 Å². The summed E-state index contributed by atoms with van der Waals surface area (Å²) >= 11 is 0. The molecule has 0 spiro atoms. The van der Waals surface area contributed by atoms with Crippen molar-refractivity contribution < 1.29 is 0 Å². The zero-order valence-electron chi connectivity index (χ0n) is 7.37. The first-order chi connectivity index (χ1) is 6.00. The van der Waals surface area contributed by atoms with Crippen molar-refractivity contribution in [2.24, 2.45) is 0 Å². The van der Waals surface area contributed by atoms with Crippen LogP contribution in [0.1, 0.15) is 25.7 Å². The molecule has 1 rings (SSSR count). The van der Waals surface area contributed by atoms with Crippen LogP contribution in [0.2, 0.25) is 0 Å². The van der Waals surface area contributed by atoms with Crippen LogP contribution in [0.5, 0.6) is 0 Å². The van der Waals surface area contributed by atoms with Gasteiger partial charge in [-0.3, -0.25) is 0 Å². The van der Waals surface area contributed by atoms with Crippen molar-refractivity contribution in [2.75, 3.05) is 0 Å². The van der Waals surface area contributed by atoms with E-state index < -0.39 is 0 Å². The summed E-state index contributed by atoms with van der Waals surface area (Å²) in [6.45, 7) is 0. The maximum absolute atomic E-state index is 3.21. The van der Waals surface area contributed by atoms with E-state index in [1.54, 1.807) is 0 Å². The Morgan fingerprint density at radius 2 is 1.67 bits per heavy atom. The van der Waals surface area contributed by atoms with Crippen molar-refractivity contribution >= 4 is 0 Å². The average molecular weight is 159 g/mol. The van der Waals surface area contributed by atoms with Crippen molar-refractivity contribution in [1.29, 1.82) is 0 Å². The summed E-state index contributed by atoms with van der Waals surface area (Å²) in [5, 5.41) is 0. The molecule has 1 aliphatic carbocycles. The molecule has 0 atom stereocenters. The van der Waals surface area contributed by atoms with Gasteiger partial charge in [-0.1, -0.05) is 42.5 Å². The lowest BCUT2D eigenvalue weighted by Gasteiger charge is -1.87. The summed E-state index contributed by atoms with van der Waals surface area (Å²) in [5.74, 6) is 0. The molecule has 0 aliphatic heterocycles. The van der Waals surface area contributed by atoms with Crippen LogP contribution in [0.4, 0.5) is 0 Å². The highest BCUT2D eigenvalue weighted by Gasteiger charge is 1.78. The van der Waals surface area contributed by atoms with E-state index >= 15 is 0 Å². The van der Waals surface area contributed by atoms with E-state index in [4.69, 9.17) is 0 Å². The standard InChI is InChI=1S/C12H15/c1-2-4-6-8-10-12-11-9-7-5-3-1/h1-4,9-11H,5-7,12H2. The Hall–Kier alpha value is -1.04. The Bertz CT molecular complexity index is 204. The fourth-order valence-corrected chi connectivity index (χ4v) is 1.03. The quantitative estimate of drug-likeness (QED) is 0.474. The predicted molar refractivity (Wildman–Crippen MR) is 53.7 cm³/mol. The fourth-order valence-electron chi connectivity index (χ4n) is 1.03. The molecule has 0 saturated carbocycles. The van der Waals surface area contributed by atoms with Crippen molar-refractivity contribution in [2.45, 2.75) is 25.7 Å². The van der Waals surface area contributed by atoms with E-state index in [0.29, 0.717) is 0 Å². The molecule has 1 radical (unpaired) electrons. The van der Waals surface area contributed by atoms with Crippen molar-refractivity contribution in [3.8, 4) is 0 Å². The van der Waals surface area contributed by atoms with E-state index in [0.717, 1.165) is 25.7 Å². The van der Waals surface area contributed by atoms with E-state index in [-0.39, 0.29) is 0 Å². The Morgan fingerprint density at radius 3 is 2.67 bits per heavy atom. The highest BCUT2D eigenvalue weighted by atomic mass is 13.8. The molecular weight excluding hydrogens is 144 g/mol. The molecule has 0 nitrogen and oxygen atoms in total. The molecule has 0 aromatic heterocycles. The molecule has 0 aromatic rings. The van der Waals surface area contributed by atoms with Crippen LogP contribution in [0.3, 0.4) is 0 Å². The molecule has 12 heavy (non-hydrogen) atoms. The minimum atomic E-state index is 0.929. The molecule has 0 saturated heterocycles. The van der Waals surface area contributed by atoms with Crippen LogP contribution in [0, 0.1) is 6.08 Å². The zero-order chi connectivity index (χ0) is 8.49. The third-order valence-electron chi connectivity index (χ3n) is 1.68. The first kappa shape index (κ1) is 9.05. The highest BCUT2D eigenvalue weighted by Crippen LogP contribution is 1.98. The second-order valence-corrected chi connectivity index (χ2v) is 2.75. The molecule has 1 aliphatic rings. The lowest BCUT2D eigenvalue weighted by atomic mass is 10.2. The number of hydrogen-bond donors (Lipinski definition) is 0. The first-order valence-corrected chi connectivity index (χ1v) is 4.52. The first-order valence-electron chi connectivity index (χ1n) is 4.52. The maximum Gasteiger partial charge on any atom is -0.00946 e. The van der Waals surface area contributed by atoms with Crippen LogP contribution >= 0.6 is 0 Å². The van der Waals surface area contributed by atoms with Crippen LogP contribution < -0.4 is 0 Å². The smallest absolute Gasteiger partial charge is 0.00946 e. The third kappa shape index (κ3) is 4.73. The molecule has 0 N–H and O–H groups in total. The molecule has 0 heteroatoms. The highest BCUT2D eigenvalue weighted by molar-refractivity contribution is 5.05. The second kappa shape index (κ2) is 6.66. The van der Waals surface area contributed by atoms with Gasteiger partial charge in [0, 0.05) is 0 Å². The fraction of sp³-hybridized carbons (Fsp3) is 0.333. The molecule has 0 bridgehead atoms. The Balaban J connectivity index is 2.41. The molecule has 63 valence electrons. The van der Waals surface area contributed by atoms with Gasteiger partial charge in [-0.25, -0.2) is 0 Å². The van der Waals surface area contributed by atoms with Crippen LogP contribution in [0.15, 0.2) is 42.5 Å². The zero-order valence-corrected chi connectivity index (χ0v) is 7.37. The van der Waals surface area contributed by atoms with Gasteiger partial charge in [-0.2, -0.15) is 0 Å². The molecule has 0 heterocycles. The van der Waals surface area contributed by atoms with Crippen molar-refractivity contribution in [1.82, 2.24) is 0 Å². The minimum Gasteiger partial charge on any atom is -0.0879 e. The van der Waals surface area contributed by atoms with Gasteiger partial charge in [-0.15, -0.1) is 0 Å². The van der Waals surface area contributed by atoms with Gasteiger partial charge in [-0.05, 0) is 31.8 Å². The Labute approximate surface area is 75.0 Å². The van der Waals surface area contributed by atoms with Crippen LogP contribution in [0.25, 0.3) is 0 Å². The summed E-state index contributed by atoms with van der Waals surface area (Å²) in [7, 11) is 0. The van der Waals surface area contributed by atoms with Gasteiger partial charge >= 0.3 is 0 Å². The monoisotopic (exact) mass is 159 g/mol. The Kier molecular flexibility index (Phi) is 5.02. The van der Waals surface area contributed by atoms with Crippen LogP contribution in [-0.2, 0) is 0 Å². The van der Waals surface area contributed by atoms with E-state index in [1.165, 1.54) is 0 Å². The predicted octanol–water partition coefficient (Wildman–Crippen LogP) is 3.59. The summed E-state index contributed by atoms with van der Waals surface area (Å²) < 4.78 is 0. The van der Waals surface area contributed by atoms with Gasteiger partial charge in [0.15, 0.2) is 0 Å². The van der Waals surface area contributed by atoms with Gasteiger partial charge in [0.1, 0.15) is 0 Å². The molecule has 0 unspecified atom stereocenters. The second-order valence-electron chi connectivity index (χ2n) is 2.75. The largest absolute Gasteiger partial charge is 0.0879 e. The van der Waals surface area contributed by atoms with Crippen molar-refractivity contribution in [3.05, 3.63) is 48.6 Å². The lowest BCUT2D eigenvalue weighted by Crippen LogP contribution is -1.67. The summed E-state index contributed by atoms with van der Waals surface area (Å²) in [6.07, 6.45) is 22.5. The topological polar surface area (TPSA) is 0 Å². The number of allylic oxidation sites excluding steroid dienone is 8. The van der Waals surface area contributed by atoms with E-state index in [2.05, 4.69) is 48.6 Å². The molecule has 0 amide bonds. The lowest BCUT2D eigenvalue weighted by molar-refractivity contribution is 1.04. The van der Waals surface area contributed by atoms with E-state index in [9.17, 15) is 0 Å². The third-order valence-corrected chi connectivity index (χ3v) is 1.68. The number of rotatable bonds is 0. The van der Waals surface area contributed by atoms with E-state index in [1.807, 2.05) is 0 Å². The van der Waals surface area contributed by atoms with Gasteiger partial charge in [0.25, 0.3) is 0 Å². The molecule has 0 fully saturated rings. The SMILES string of the molecule is [C]1=CCC=CCCC=CC=CC1. The summed E-state index contributed by atoms with van der Waals surface area (Å²) in [4.78, 5) is 0. The average Bonchev–Trinajstić information content (AvgIpc) is 2.05. The van der Waals surface area contributed by atoms with Gasteiger partial charge in [0.2, 0.25) is 0 Å². The normalized spacial score (nSPS) is 18.7. The Morgan fingerprint density at radius 1 is 0.833 bits per heavy atom.